The van der Waals surface area contributed by atoms with Crippen molar-refractivity contribution in [3.05, 3.63) is 37.4 Å². The summed E-state index contributed by atoms with van der Waals surface area (Å²) in [7, 11) is 0. The van der Waals surface area contributed by atoms with Crippen LogP contribution in [0.4, 0.5) is 5.69 Å². The van der Waals surface area contributed by atoms with Crippen LogP contribution in [-0.4, -0.2) is 9.75 Å². The SMILES string of the molecule is CC(Br)C(C)c1ccc(I)cc1[N+](=O)[O-]. The Balaban J connectivity index is 3.22. The van der Waals surface area contributed by atoms with Crippen molar-refractivity contribution in [1.29, 1.82) is 0 Å². The Hall–Kier alpha value is -0.170. The van der Waals surface area contributed by atoms with Crippen LogP contribution in [0.3, 0.4) is 0 Å². The molecule has 0 aliphatic heterocycles. The standard InChI is InChI=1S/C10H11BrINO2/c1-6(7(2)11)9-4-3-8(12)5-10(9)13(14)15/h3-7H,1-2H3. The lowest BCUT2D eigenvalue weighted by Gasteiger charge is -2.14. The van der Waals surface area contributed by atoms with E-state index in [2.05, 4.69) is 38.5 Å². The number of nitrogens with zero attached hydrogens (tertiary/aromatic N) is 1. The average molecular weight is 384 g/mol. The van der Waals surface area contributed by atoms with Crippen LogP contribution < -0.4 is 0 Å². The first-order valence-electron chi connectivity index (χ1n) is 4.51. The molecule has 0 saturated heterocycles. The quantitative estimate of drug-likeness (QED) is 0.341. The van der Waals surface area contributed by atoms with Gasteiger partial charge < -0.3 is 0 Å². The number of nitro groups is 1. The summed E-state index contributed by atoms with van der Waals surface area (Å²) in [5.74, 6) is 0.127. The molecule has 0 heterocycles. The van der Waals surface area contributed by atoms with Crippen LogP contribution >= 0.6 is 38.5 Å². The Bertz CT molecular complexity index is 382. The van der Waals surface area contributed by atoms with Crippen molar-refractivity contribution in [3.63, 3.8) is 0 Å². The fourth-order valence-corrected chi connectivity index (χ4v) is 2.07. The minimum atomic E-state index is -0.316. The van der Waals surface area contributed by atoms with Gasteiger partial charge in [0.25, 0.3) is 5.69 Å². The molecule has 0 spiro atoms. The number of halogens is 2. The number of benzene rings is 1. The van der Waals surface area contributed by atoms with Crippen LogP contribution in [-0.2, 0) is 0 Å². The molecule has 0 N–H and O–H groups in total. The van der Waals surface area contributed by atoms with E-state index in [0.717, 1.165) is 9.13 Å². The Morgan fingerprint density at radius 3 is 2.53 bits per heavy atom. The van der Waals surface area contributed by atoms with Gasteiger partial charge in [-0.25, -0.2) is 0 Å². The van der Waals surface area contributed by atoms with E-state index in [1.54, 1.807) is 6.07 Å². The highest BCUT2D eigenvalue weighted by Crippen LogP contribution is 2.32. The first-order valence-corrected chi connectivity index (χ1v) is 6.51. The van der Waals surface area contributed by atoms with Crippen molar-refractivity contribution in [2.24, 2.45) is 0 Å². The molecule has 15 heavy (non-hydrogen) atoms. The average Bonchev–Trinajstić information content (AvgIpc) is 2.16. The van der Waals surface area contributed by atoms with E-state index in [-0.39, 0.29) is 21.4 Å². The molecule has 0 fully saturated rings. The lowest BCUT2D eigenvalue weighted by Crippen LogP contribution is -2.07. The van der Waals surface area contributed by atoms with E-state index in [1.807, 2.05) is 26.0 Å². The molecular formula is C10H11BrINO2. The van der Waals surface area contributed by atoms with Crippen molar-refractivity contribution in [2.45, 2.75) is 24.6 Å². The molecule has 1 rings (SSSR count). The highest BCUT2D eigenvalue weighted by Gasteiger charge is 2.21. The van der Waals surface area contributed by atoms with E-state index in [9.17, 15) is 10.1 Å². The maximum Gasteiger partial charge on any atom is 0.273 e. The molecular weight excluding hydrogens is 373 g/mol. The van der Waals surface area contributed by atoms with Crippen LogP contribution in [0, 0.1) is 13.7 Å². The molecule has 0 aliphatic rings. The van der Waals surface area contributed by atoms with Crippen LogP contribution in [0.25, 0.3) is 0 Å². The molecule has 3 nitrogen and oxygen atoms in total. The lowest BCUT2D eigenvalue weighted by atomic mass is 9.97. The third-order valence-electron chi connectivity index (χ3n) is 2.37. The normalized spacial score (nSPS) is 14.7. The van der Waals surface area contributed by atoms with E-state index in [4.69, 9.17) is 0 Å². The zero-order chi connectivity index (χ0) is 11.6. The first-order chi connectivity index (χ1) is 6.93. The summed E-state index contributed by atoms with van der Waals surface area (Å²) >= 11 is 5.53. The Morgan fingerprint density at radius 2 is 2.07 bits per heavy atom. The van der Waals surface area contributed by atoms with Gasteiger partial charge in [-0.05, 0) is 28.7 Å². The van der Waals surface area contributed by atoms with Crippen LogP contribution in [0.5, 0.6) is 0 Å². The van der Waals surface area contributed by atoms with Gasteiger partial charge in [-0.3, -0.25) is 10.1 Å². The Morgan fingerprint density at radius 1 is 1.47 bits per heavy atom. The van der Waals surface area contributed by atoms with Crippen LogP contribution in [0.1, 0.15) is 25.3 Å². The minimum absolute atomic E-state index is 0.127. The third-order valence-corrected chi connectivity index (χ3v) is 3.83. The van der Waals surface area contributed by atoms with E-state index in [1.165, 1.54) is 0 Å². The zero-order valence-electron chi connectivity index (χ0n) is 8.41. The Labute approximate surface area is 111 Å². The van der Waals surface area contributed by atoms with Crippen LogP contribution in [0.2, 0.25) is 0 Å². The molecule has 2 atom stereocenters. The second kappa shape index (κ2) is 5.25. The first kappa shape index (κ1) is 12.9. The van der Waals surface area contributed by atoms with Gasteiger partial charge >= 0.3 is 0 Å². The summed E-state index contributed by atoms with van der Waals surface area (Å²) in [5, 5.41) is 10.9. The Kier molecular flexibility index (Phi) is 4.51. The van der Waals surface area contributed by atoms with Gasteiger partial charge in [0, 0.05) is 25.9 Å². The summed E-state index contributed by atoms with van der Waals surface area (Å²) in [5.41, 5.74) is 0.991. The number of rotatable bonds is 3. The molecule has 5 heteroatoms. The highest BCUT2D eigenvalue weighted by atomic mass is 127. The summed E-state index contributed by atoms with van der Waals surface area (Å²) < 4.78 is 0.887. The molecule has 0 bridgehead atoms. The summed E-state index contributed by atoms with van der Waals surface area (Å²) in [6, 6.07) is 5.35. The van der Waals surface area contributed by atoms with Crippen LogP contribution in [0.15, 0.2) is 18.2 Å². The summed E-state index contributed by atoms with van der Waals surface area (Å²) in [6.45, 7) is 3.97. The highest BCUT2D eigenvalue weighted by molar-refractivity contribution is 14.1. The molecule has 1 aromatic rings. The maximum atomic E-state index is 10.9. The summed E-state index contributed by atoms with van der Waals surface area (Å²) in [4.78, 5) is 10.8. The molecule has 82 valence electrons. The zero-order valence-corrected chi connectivity index (χ0v) is 12.1. The van der Waals surface area contributed by atoms with Gasteiger partial charge in [-0.2, -0.15) is 0 Å². The molecule has 1 aromatic carbocycles. The predicted molar refractivity (Wildman–Crippen MR) is 72.6 cm³/mol. The van der Waals surface area contributed by atoms with E-state index < -0.39 is 0 Å². The monoisotopic (exact) mass is 383 g/mol. The lowest BCUT2D eigenvalue weighted by molar-refractivity contribution is -0.385. The molecule has 2 unspecified atom stereocenters. The number of hydrogen-bond donors (Lipinski definition) is 0. The third kappa shape index (κ3) is 3.14. The number of hydrogen-bond acceptors (Lipinski definition) is 2. The fraction of sp³-hybridized carbons (Fsp3) is 0.400. The summed E-state index contributed by atoms with van der Waals surface area (Å²) in [6.07, 6.45) is 0. The van der Waals surface area contributed by atoms with Gasteiger partial charge in [0.15, 0.2) is 0 Å². The minimum Gasteiger partial charge on any atom is -0.258 e. The van der Waals surface area contributed by atoms with Crippen molar-refractivity contribution in [1.82, 2.24) is 0 Å². The van der Waals surface area contributed by atoms with Gasteiger partial charge in [0.05, 0.1) is 4.92 Å². The molecule has 0 saturated carbocycles. The van der Waals surface area contributed by atoms with Gasteiger partial charge in [0.2, 0.25) is 0 Å². The number of nitro benzene ring substituents is 1. The molecule has 0 aliphatic carbocycles. The molecule has 0 amide bonds. The van der Waals surface area contributed by atoms with Crippen molar-refractivity contribution < 1.29 is 4.92 Å². The maximum absolute atomic E-state index is 10.9. The second-order valence-corrected chi connectivity index (χ2v) is 6.12. The second-order valence-electron chi connectivity index (χ2n) is 3.43. The van der Waals surface area contributed by atoms with Crippen molar-refractivity contribution in [3.8, 4) is 0 Å². The molecule has 0 radical (unpaired) electrons. The van der Waals surface area contributed by atoms with Crippen molar-refractivity contribution >= 4 is 44.2 Å². The van der Waals surface area contributed by atoms with Crippen molar-refractivity contribution in [2.75, 3.05) is 0 Å². The predicted octanol–water partition coefficient (Wildman–Crippen LogP) is 4.09. The van der Waals surface area contributed by atoms with E-state index in [0.29, 0.717) is 0 Å². The smallest absolute Gasteiger partial charge is 0.258 e. The van der Waals surface area contributed by atoms with Gasteiger partial charge in [0.1, 0.15) is 0 Å². The van der Waals surface area contributed by atoms with Gasteiger partial charge in [-0.1, -0.05) is 35.8 Å². The van der Waals surface area contributed by atoms with Gasteiger partial charge in [-0.15, -0.1) is 0 Å². The fourth-order valence-electron chi connectivity index (χ4n) is 1.31. The largest absolute Gasteiger partial charge is 0.273 e. The molecule has 0 aromatic heterocycles. The number of alkyl halides is 1. The topological polar surface area (TPSA) is 43.1 Å². The van der Waals surface area contributed by atoms with E-state index >= 15 is 0 Å².